The average molecular weight is 705 g/mol. The van der Waals surface area contributed by atoms with Crippen molar-refractivity contribution in [2.24, 2.45) is 28.2 Å². The lowest BCUT2D eigenvalue weighted by Gasteiger charge is -2.24. The molecule has 0 unspecified atom stereocenters. The molecule has 0 atom stereocenters. The second-order valence-corrected chi connectivity index (χ2v) is 11.6. The second-order valence-electron chi connectivity index (χ2n) is 10.1. The smallest absolute Gasteiger partial charge is 0.262 e. The molecule has 0 aliphatic heterocycles. The summed E-state index contributed by atoms with van der Waals surface area (Å²) in [6.45, 7) is 1.58. The van der Waals surface area contributed by atoms with Crippen molar-refractivity contribution in [3.63, 3.8) is 0 Å². The number of aryl methyl sites for hydroxylation is 1. The molecule has 0 saturated heterocycles. The summed E-state index contributed by atoms with van der Waals surface area (Å²) in [6.07, 6.45) is 0. The Kier molecular flexibility index (Phi) is 9.51. The van der Waals surface area contributed by atoms with Crippen LogP contribution in [0.1, 0.15) is 28.2 Å². The molecule has 4 aromatic rings. The minimum Gasteiger partial charge on any atom is -0.494 e. The molecule has 0 spiro atoms. The van der Waals surface area contributed by atoms with Crippen molar-refractivity contribution < 1.29 is 24.5 Å². The number of aromatic nitrogens is 4. The molecule has 2 aromatic carbocycles. The Bertz CT molecular complexity index is 1950. The van der Waals surface area contributed by atoms with Crippen molar-refractivity contribution in [2.75, 3.05) is 19.0 Å². The second kappa shape index (κ2) is 12.8. The first-order valence-electron chi connectivity index (χ1n) is 13.0. The van der Waals surface area contributed by atoms with Crippen LogP contribution in [0.15, 0.2) is 50.5 Å². The van der Waals surface area contributed by atoms with Crippen molar-refractivity contribution in [1.29, 1.82) is 0 Å². The van der Waals surface area contributed by atoms with E-state index in [9.17, 15) is 24.6 Å². The number of rotatable bonds is 8. The maximum Gasteiger partial charge on any atom is 0.262 e. The molecular formula is C29H30BrN5O7S2. The zero-order chi connectivity index (χ0) is 32.6. The number of halogens is 1. The third-order valence-electron chi connectivity index (χ3n) is 7.18. The minimum absolute atomic E-state index is 0.0324. The number of hydrogen-bond acceptors (Lipinski definition) is 9. The fraction of sp³-hybridized carbons (Fsp3) is 0.276. The van der Waals surface area contributed by atoms with Gasteiger partial charge >= 0.3 is 0 Å². The van der Waals surface area contributed by atoms with Crippen LogP contribution in [0.2, 0.25) is 0 Å². The van der Waals surface area contributed by atoms with Gasteiger partial charge in [0.15, 0.2) is 27.6 Å². The maximum absolute atomic E-state index is 13.7. The normalized spacial score (nSPS) is 11.1. The molecule has 1 amide bonds. The van der Waals surface area contributed by atoms with Gasteiger partial charge in [-0.3, -0.25) is 32.7 Å². The summed E-state index contributed by atoms with van der Waals surface area (Å²) >= 11 is 14.0. The van der Waals surface area contributed by atoms with E-state index in [1.165, 1.54) is 50.5 Å². The quantitative estimate of drug-likeness (QED) is 0.233. The molecule has 0 radical (unpaired) electrons. The van der Waals surface area contributed by atoms with E-state index in [1.54, 1.807) is 18.2 Å². The van der Waals surface area contributed by atoms with Gasteiger partial charge in [-0.05, 0) is 77.1 Å². The number of amides is 1. The first-order valence-corrected chi connectivity index (χ1v) is 14.6. The van der Waals surface area contributed by atoms with Crippen LogP contribution in [-0.4, -0.2) is 48.1 Å². The zero-order valence-corrected chi connectivity index (χ0v) is 27.9. The predicted molar refractivity (Wildman–Crippen MR) is 173 cm³/mol. The van der Waals surface area contributed by atoms with Crippen molar-refractivity contribution in [3.05, 3.63) is 93.4 Å². The number of ether oxygens (including phenoxy) is 2. The molecule has 3 N–H and O–H groups in total. The van der Waals surface area contributed by atoms with E-state index in [2.05, 4.69) is 21.2 Å². The lowest BCUT2D eigenvalue weighted by atomic mass is 9.86. The fourth-order valence-electron chi connectivity index (χ4n) is 4.72. The molecule has 12 nitrogen and oxygen atoms in total. The van der Waals surface area contributed by atoms with Crippen LogP contribution in [0, 0.1) is 16.5 Å². The molecule has 44 heavy (non-hydrogen) atoms. The molecule has 15 heteroatoms. The summed E-state index contributed by atoms with van der Waals surface area (Å²) in [5, 5.41) is 25.2. The number of carbonyl (C=O) groups is 1. The zero-order valence-electron chi connectivity index (χ0n) is 24.7. The van der Waals surface area contributed by atoms with Crippen molar-refractivity contribution in [1.82, 2.24) is 18.3 Å². The highest BCUT2D eigenvalue weighted by molar-refractivity contribution is 9.10. The molecule has 2 heterocycles. The topological polar surface area (TPSA) is 142 Å². The molecular weight excluding hydrogens is 674 g/mol. The van der Waals surface area contributed by atoms with Crippen molar-refractivity contribution >= 4 is 52.0 Å². The monoisotopic (exact) mass is 703 g/mol. The Morgan fingerprint density at radius 1 is 0.909 bits per heavy atom. The van der Waals surface area contributed by atoms with Gasteiger partial charge in [0, 0.05) is 33.9 Å². The van der Waals surface area contributed by atoms with E-state index in [0.29, 0.717) is 10.2 Å². The van der Waals surface area contributed by atoms with Gasteiger partial charge in [0.1, 0.15) is 0 Å². The highest BCUT2D eigenvalue weighted by atomic mass is 79.9. The first kappa shape index (κ1) is 32.7. The van der Waals surface area contributed by atoms with Crippen LogP contribution in [0.3, 0.4) is 0 Å². The minimum atomic E-state index is -1.33. The number of hydrogen-bond donors (Lipinski definition) is 3. The SMILES string of the molecule is COc1cc(C(c2c(O)n(C)c(=S)n(C)c2=O)c2c(O)n(C)c(=S)n(C)c2=O)cc(Br)c1OCC(=O)Nc1ccc(C)cc1. The first-order chi connectivity index (χ1) is 20.7. The third-order valence-corrected chi connectivity index (χ3v) is 8.86. The van der Waals surface area contributed by atoms with Gasteiger partial charge in [0.05, 0.1) is 28.6 Å². The number of nitrogens with zero attached hydrogens (tertiary/aromatic N) is 4. The Hall–Kier alpha value is -4.21. The summed E-state index contributed by atoms with van der Waals surface area (Å²) in [5.41, 5.74) is 0.0791. The predicted octanol–water partition coefficient (Wildman–Crippen LogP) is 3.91. The maximum atomic E-state index is 13.7. The van der Waals surface area contributed by atoms with E-state index in [4.69, 9.17) is 33.9 Å². The fourth-order valence-corrected chi connectivity index (χ4v) is 5.63. The van der Waals surface area contributed by atoms with Crippen molar-refractivity contribution in [3.8, 4) is 23.3 Å². The van der Waals surface area contributed by atoms with Crippen LogP contribution in [0.4, 0.5) is 5.69 Å². The standard InChI is InChI=1S/C29H30BrN5O7S2/c1-14-7-9-16(10-8-14)31-19(36)13-42-23-17(30)11-15(12-18(23)41-6)20(21-24(37)32(2)28(43)33(3)25(21)38)22-26(39)34(4)29(44)35(5)27(22)40/h7-12,20,37,39H,13H2,1-6H3,(H,31,36). The van der Waals surface area contributed by atoms with Gasteiger partial charge in [-0.1, -0.05) is 17.7 Å². The van der Waals surface area contributed by atoms with E-state index in [-0.39, 0.29) is 44.3 Å². The van der Waals surface area contributed by atoms with Gasteiger partial charge in [0.2, 0.25) is 11.8 Å². The van der Waals surface area contributed by atoms with Crippen molar-refractivity contribution in [2.45, 2.75) is 12.8 Å². The summed E-state index contributed by atoms with van der Waals surface area (Å²) in [6, 6.07) is 10.3. The van der Waals surface area contributed by atoms with Gasteiger partial charge in [-0.15, -0.1) is 0 Å². The number of carbonyl (C=O) groups excluding carboxylic acids is 1. The lowest BCUT2D eigenvalue weighted by molar-refractivity contribution is -0.118. The molecule has 0 fully saturated rings. The average Bonchev–Trinajstić information content (AvgIpc) is 3.00. The summed E-state index contributed by atoms with van der Waals surface area (Å²) in [5.74, 6) is -2.44. The van der Waals surface area contributed by atoms with Crippen LogP contribution >= 0.6 is 40.4 Å². The Labute approximate surface area is 270 Å². The van der Waals surface area contributed by atoms with Gasteiger partial charge in [-0.2, -0.15) is 0 Å². The molecule has 0 aliphatic carbocycles. The number of benzene rings is 2. The van der Waals surface area contributed by atoms with Gasteiger partial charge in [-0.25, -0.2) is 0 Å². The number of methoxy groups -OCH3 is 1. The Balaban J connectivity index is 1.90. The Morgan fingerprint density at radius 2 is 1.41 bits per heavy atom. The van der Waals surface area contributed by atoms with Crippen LogP contribution in [-0.2, 0) is 33.0 Å². The lowest BCUT2D eigenvalue weighted by Crippen LogP contribution is -2.33. The van der Waals surface area contributed by atoms with E-state index in [0.717, 1.165) is 14.7 Å². The summed E-state index contributed by atoms with van der Waals surface area (Å²) in [4.78, 5) is 39.9. The molecule has 0 aliphatic rings. The van der Waals surface area contributed by atoms with Crippen LogP contribution < -0.4 is 25.9 Å². The van der Waals surface area contributed by atoms with E-state index < -0.39 is 34.7 Å². The highest BCUT2D eigenvalue weighted by Crippen LogP contribution is 2.43. The van der Waals surface area contributed by atoms with E-state index in [1.807, 2.05) is 19.1 Å². The summed E-state index contributed by atoms with van der Waals surface area (Å²) in [7, 11) is 7.19. The molecule has 0 saturated carbocycles. The van der Waals surface area contributed by atoms with Gasteiger partial charge in [0.25, 0.3) is 17.0 Å². The number of aromatic hydroxyl groups is 2. The van der Waals surface area contributed by atoms with Crippen LogP contribution in [0.5, 0.6) is 23.3 Å². The summed E-state index contributed by atoms with van der Waals surface area (Å²) < 4.78 is 16.5. The number of anilines is 1. The van der Waals surface area contributed by atoms with Gasteiger partial charge < -0.3 is 25.0 Å². The highest BCUT2D eigenvalue weighted by Gasteiger charge is 2.33. The Morgan fingerprint density at radius 3 is 1.89 bits per heavy atom. The van der Waals surface area contributed by atoms with Crippen LogP contribution in [0.25, 0.3) is 0 Å². The molecule has 232 valence electrons. The number of nitrogens with one attached hydrogen (secondary N) is 1. The molecule has 4 rings (SSSR count). The third kappa shape index (κ3) is 5.94. The van der Waals surface area contributed by atoms with E-state index >= 15 is 0 Å². The largest absolute Gasteiger partial charge is 0.494 e. The molecule has 2 aromatic heterocycles. The molecule has 0 bridgehead atoms.